The molecule has 7 nitrogen and oxygen atoms in total. The fraction of sp³-hybridized carbons (Fsp3) is 0.118. The van der Waals surface area contributed by atoms with Crippen molar-refractivity contribution in [1.29, 1.82) is 0 Å². The zero-order valence-corrected chi connectivity index (χ0v) is 13.9. The predicted molar refractivity (Wildman–Crippen MR) is 92.9 cm³/mol. The van der Waals surface area contributed by atoms with Gasteiger partial charge in [-0.05, 0) is 25.1 Å². The van der Waals surface area contributed by atoms with Crippen LogP contribution in [0.25, 0.3) is 16.5 Å². The van der Waals surface area contributed by atoms with Crippen LogP contribution in [-0.4, -0.2) is 20.5 Å². The molecule has 0 atom stereocenters. The van der Waals surface area contributed by atoms with Crippen molar-refractivity contribution in [2.24, 2.45) is 0 Å². The van der Waals surface area contributed by atoms with Crippen molar-refractivity contribution in [1.82, 2.24) is 19.9 Å². The number of aryl methyl sites for hydroxylation is 1. The summed E-state index contributed by atoms with van der Waals surface area (Å²) in [6.07, 6.45) is 3.04. The van der Waals surface area contributed by atoms with E-state index in [9.17, 15) is 9.59 Å². The van der Waals surface area contributed by atoms with E-state index in [4.69, 9.17) is 16.0 Å². The maximum atomic E-state index is 12.3. The van der Waals surface area contributed by atoms with Crippen LogP contribution in [0, 0.1) is 6.92 Å². The van der Waals surface area contributed by atoms with E-state index >= 15 is 0 Å². The van der Waals surface area contributed by atoms with Gasteiger partial charge >= 0.3 is 0 Å². The largest absolute Gasteiger partial charge is 0.459 e. The average molecular weight is 357 g/mol. The molecule has 0 aliphatic heterocycles. The fourth-order valence-electron chi connectivity index (χ4n) is 2.71. The van der Waals surface area contributed by atoms with Gasteiger partial charge in [0.15, 0.2) is 5.69 Å². The molecule has 0 spiro atoms. The first kappa shape index (κ1) is 15.5. The van der Waals surface area contributed by atoms with Gasteiger partial charge in [-0.1, -0.05) is 11.6 Å². The molecular weight excluding hydrogens is 344 g/mol. The smallest absolute Gasteiger partial charge is 0.273 e. The SMILES string of the molecule is Cc1c(CNC(=O)c2cc3c(=O)[nH]ccn3n2)oc2ccc(Cl)cc12. The molecule has 0 aliphatic carbocycles. The second-order valence-corrected chi connectivity index (χ2v) is 6.06. The van der Waals surface area contributed by atoms with Crippen LogP contribution in [0.15, 0.2) is 45.9 Å². The number of H-pyrrole nitrogens is 1. The molecule has 0 unspecified atom stereocenters. The molecule has 3 heterocycles. The quantitative estimate of drug-likeness (QED) is 0.590. The molecule has 0 aliphatic rings. The Kier molecular flexibility index (Phi) is 3.58. The van der Waals surface area contributed by atoms with Crippen LogP contribution in [0.1, 0.15) is 21.8 Å². The van der Waals surface area contributed by atoms with Gasteiger partial charge in [-0.2, -0.15) is 5.10 Å². The molecule has 0 bridgehead atoms. The summed E-state index contributed by atoms with van der Waals surface area (Å²) in [5.74, 6) is 0.258. The molecular formula is C17H13ClN4O3. The van der Waals surface area contributed by atoms with Gasteiger partial charge in [-0.25, -0.2) is 4.52 Å². The van der Waals surface area contributed by atoms with Crippen molar-refractivity contribution in [3.05, 3.63) is 69.1 Å². The highest BCUT2D eigenvalue weighted by molar-refractivity contribution is 6.31. The van der Waals surface area contributed by atoms with Gasteiger partial charge in [0.05, 0.1) is 6.54 Å². The minimum Gasteiger partial charge on any atom is -0.459 e. The highest BCUT2D eigenvalue weighted by Crippen LogP contribution is 2.27. The zero-order chi connectivity index (χ0) is 17.6. The monoisotopic (exact) mass is 356 g/mol. The van der Waals surface area contributed by atoms with E-state index in [1.807, 2.05) is 13.0 Å². The van der Waals surface area contributed by atoms with E-state index in [-0.39, 0.29) is 23.7 Å². The van der Waals surface area contributed by atoms with Crippen molar-refractivity contribution in [3.63, 3.8) is 0 Å². The Balaban J connectivity index is 1.58. The predicted octanol–water partition coefficient (Wildman–Crippen LogP) is 2.66. The normalized spacial score (nSPS) is 11.3. The highest BCUT2D eigenvalue weighted by Gasteiger charge is 2.15. The van der Waals surface area contributed by atoms with Crippen LogP contribution >= 0.6 is 11.6 Å². The Morgan fingerprint density at radius 2 is 2.24 bits per heavy atom. The number of carbonyl (C=O) groups excluding carboxylic acids is 1. The first-order valence-corrected chi connectivity index (χ1v) is 7.93. The zero-order valence-electron chi connectivity index (χ0n) is 13.2. The molecule has 25 heavy (non-hydrogen) atoms. The number of furan rings is 1. The fourth-order valence-corrected chi connectivity index (χ4v) is 2.88. The summed E-state index contributed by atoms with van der Waals surface area (Å²) < 4.78 is 7.13. The minimum absolute atomic E-state index is 0.161. The molecule has 0 fully saturated rings. The van der Waals surface area contributed by atoms with Crippen molar-refractivity contribution in [2.45, 2.75) is 13.5 Å². The van der Waals surface area contributed by atoms with E-state index < -0.39 is 0 Å². The molecule has 4 aromatic rings. The lowest BCUT2D eigenvalue weighted by atomic mass is 10.1. The Labute approximate surface area is 146 Å². The molecule has 0 saturated carbocycles. The number of hydrogen-bond donors (Lipinski definition) is 2. The van der Waals surface area contributed by atoms with Crippen LogP contribution in [0.5, 0.6) is 0 Å². The number of rotatable bonds is 3. The standard InChI is InChI=1S/C17H13ClN4O3/c1-9-11-6-10(18)2-3-14(11)25-15(9)8-20-16(23)12-7-13-17(24)19-4-5-22(13)21-12/h2-7H,8H2,1H3,(H,19,24)(H,20,23). The maximum Gasteiger partial charge on any atom is 0.273 e. The summed E-state index contributed by atoms with van der Waals surface area (Å²) in [6, 6.07) is 6.82. The van der Waals surface area contributed by atoms with E-state index in [0.29, 0.717) is 21.9 Å². The molecule has 4 rings (SSSR count). The van der Waals surface area contributed by atoms with E-state index in [2.05, 4.69) is 15.4 Å². The van der Waals surface area contributed by atoms with Gasteiger partial charge in [0.2, 0.25) is 0 Å². The molecule has 126 valence electrons. The first-order chi connectivity index (χ1) is 12.0. The number of carbonyl (C=O) groups is 1. The summed E-state index contributed by atoms with van der Waals surface area (Å²) in [6.45, 7) is 2.12. The summed E-state index contributed by atoms with van der Waals surface area (Å²) >= 11 is 6.01. The van der Waals surface area contributed by atoms with Gasteiger partial charge < -0.3 is 14.7 Å². The van der Waals surface area contributed by atoms with Crippen LogP contribution < -0.4 is 10.9 Å². The summed E-state index contributed by atoms with van der Waals surface area (Å²) in [7, 11) is 0. The maximum absolute atomic E-state index is 12.3. The van der Waals surface area contributed by atoms with Crippen LogP contribution in [0.4, 0.5) is 0 Å². The first-order valence-electron chi connectivity index (χ1n) is 7.56. The molecule has 1 aromatic carbocycles. The summed E-state index contributed by atoms with van der Waals surface area (Å²) in [5, 5.41) is 8.40. The third-order valence-corrected chi connectivity index (χ3v) is 4.27. The Hall–Kier alpha value is -3.06. The summed E-state index contributed by atoms with van der Waals surface area (Å²) in [4.78, 5) is 26.5. The van der Waals surface area contributed by atoms with Crippen molar-refractivity contribution >= 4 is 34.0 Å². The number of amides is 1. The molecule has 0 radical (unpaired) electrons. The Bertz CT molecular complexity index is 1170. The van der Waals surface area contributed by atoms with Crippen LogP contribution in [0.3, 0.4) is 0 Å². The number of hydrogen-bond acceptors (Lipinski definition) is 4. The van der Waals surface area contributed by atoms with Crippen molar-refractivity contribution < 1.29 is 9.21 Å². The van der Waals surface area contributed by atoms with E-state index in [1.54, 1.807) is 18.3 Å². The summed E-state index contributed by atoms with van der Waals surface area (Å²) in [5.41, 5.74) is 1.80. The lowest BCUT2D eigenvalue weighted by Crippen LogP contribution is -2.23. The molecule has 0 saturated heterocycles. The van der Waals surface area contributed by atoms with Gasteiger partial charge in [0.25, 0.3) is 11.5 Å². The highest BCUT2D eigenvalue weighted by atomic mass is 35.5. The lowest BCUT2D eigenvalue weighted by molar-refractivity contribution is 0.0943. The van der Waals surface area contributed by atoms with Crippen LogP contribution in [0.2, 0.25) is 5.02 Å². The minimum atomic E-state index is -0.388. The molecule has 2 N–H and O–H groups in total. The molecule has 1 amide bonds. The number of nitrogens with zero attached hydrogens (tertiary/aromatic N) is 2. The van der Waals surface area contributed by atoms with Crippen molar-refractivity contribution in [3.8, 4) is 0 Å². The second kappa shape index (κ2) is 5.78. The second-order valence-electron chi connectivity index (χ2n) is 5.62. The van der Waals surface area contributed by atoms with Gasteiger partial charge in [-0.3, -0.25) is 9.59 Å². The van der Waals surface area contributed by atoms with E-state index in [1.165, 1.54) is 16.8 Å². The van der Waals surface area contributed by atoms with Gasteiger partial charge in [0.1, 0.15) is 16.9 Å². The van der Waals surface area contributed by atoms with E-state index in [0.717, 1.165) is 10.9 Å². The number of aromatic amines is 1. The topological polar surface area (TPSA) is 92.4 Å². The third-order valence-electron chi connectivity index (χ3n) is 4.04. The molecule has 8 heteroatoms. The number of benzene rings is 1. The Morgan fingerprint density at radius 3 is 3.04 bits per heavy atom. The Morgan fingerprint density at radius 1 is 1.40 bits per heavy atom. The molecule has 3 aromatic heterocycles. The van der Waals surface area contributed by atoms with Gasteiger partial charge in [0, 0.05) is 34.4 Å². The van der Waals surface area contributed by atoms with Crippen LogP contribution in [-0.2, 0) is 6.54 Å². The van der Waals surface area contributed by atoms with Gasteiger partial charge in [-0.15, -0.1) is 0 Å². The van der Waals surface area contributed by atoms with Crippen molar-refractivity contribution in [2.75, 3.05) is 0 Å². The average Bonchev–Trinajstić information content (AvgIpc) is 3.16. The third kappa shape index (κ3) is 2.68. The number of nitrogens with one attached hydrogen (secondary N) is 2. The lowest BCUT2D eigenvalue weighted by Gasteiger charge is -2.01. The number of fused-ring (bicyclic) bond motifs is 2. The number of halogens is 1. The number of aromatic nitrogens is 3.